The molecule has 2 aromatic carbocycles. The number of urea groups is 1. The zero-order valence-corrected chi connectivity index (χ0v) is 19.0. The maximum absolute atomic E-state index is 12.4. The molecule has 1 saturated heterocycles. The molecule has 1 aliphatic heterocycles. The van der Waals surface area contributed by atoms with Crippen molar-refractivity contribution < 1.29 is 14.3 Å². The van der Waals surface area contributed by atoms with Gasteiger partial charge in [0.1, 0.15) is 18.1 Å². The van der Waals surface area contributed by atoms with Crippen LogP contribution >= 0.6 is 45.2 Å². The van der Waals surface area contributed by atoms with Crippen molar-refractivity contribution in [3.05, 3.63) is 66.4 Å². The van der Waals surface area contributed by atoms with E-state index in [9.17, 15) is 9.59 Å². The summed E-state index contributed by atoms with van der Waals surface area (Å²) in [5.41, 5.74) is 2.25. The van der Waals surface area contributed by atoms with Crippen LogP contribution in [0.1, 0.15) is 24.5 Å². The van der Waals surface area contributed by atoms with Gasteiger partial charge in [0.15, 0.2) is 0 Å². The predicted molar refractivity (Wildman–Crippen MR) is 121 cm³/mol. The third-order valence-corrected chi connectivity index (χ3v) is 5.57. The number of halogens is 2. The first-order valence-corrected chi connectivity index (χ1v) is 10.7. The minimum Gasteiger partial charge on any atom is -0.487 e. The lowest BCUT2D eigenvalue weighted by atomic mass is 10.2. The average molecular weight is 588 g/mol. The summed E-state index contributed by atoms with van der Waals surface area (Å²) in [6.45, 7) is 2.85. The Hall–Kier alpha value is -1.62. The van der Waals surface area contributed by atoms with E-state index < -0.39 is 0 Å². The summed E-state index contributed by atoms with van der Waals surface area (Å²) in [7, 11) is 0. The van der Waals surface area contributed by atoms with E-state index in [0.29, 0.717) is 18.8 Å². The first kappa shape index (κ1) is 20.1. The lowest BCUT2D eigenvalue weighted by molar-refractivity contribution is -0.122. The third kappa shape index (κ3) is 4.81. The molecule has 0 atom stereocenters. The summed E-state index contributed by atoms with van der Waals surface area (Å²) in [5.74, 6) is 0.535. The van der Waals surface area contributed by atoms with Gasteiger partial charge in [0, 0.05) is 6.54 Å². The summed E-state index contributed by atoms with van der Waals surface area (Å²) in [6.07, 6.45) is 2.44. The number of hydrogen-bond acceptors (Lipinski definition) is 3. The van der Waals surface area contributed by atoms with Crippen LogP contribution in [-0.4, -0.2) is 23.4 Å². The molecule has 1 N–H and O–H groups in total. The molecule has 140 valence electrons. The summed E-state index contributed by atoms with van der Waals surface area (Å²) >= 11 is 4.45. The van der Waals surface area contributed by atoms with E-state index in [0.717, 1.165) is 30.4 Å². The topological polar surface area (TPSA) is 58.6 Å². The van der Waals surface area contributed by atoms with Crippen LogP contribution in [-0.2, 0) is 11.4 Å². The minimum atomic E-state index is -0.361. The van der Waals surface area contributed by atoms with Crippen LogP contribution in [0.25, 0.3) is 6.08 Å². The Morgan fingerprint density at radius 2 is 1.78 bits per heavy atom. The molecule has 0 spiro atoms. The summed E-state index contributed by atoms with van der Waals surface area (Å²) in [6, 6.07) is 13.5. The van der Waals surface area contributed by atoms with Gasteiger partial charge in [-0.3, -0.25) is 9.69 Å². The van der Waals surface area contributed by atoms with Gasteiger partial charge in [-0.05, 0) is 80.9 Å². The number of carbonyl (C=O) groups is 2. The van der Waals surface area contributed by atoms with Gasteiger partial charge in [0.25, 0.3) is 5.91 Å². The smallest absolute Gasteiger partial charge is 0.329 e. The van der Waals surface area contributed by atoms with E-state index >= 15 is 0 Å². The molecule has 0 saturated carbocycles. The molecule has 1 aliphatic rings. The minimum absolute atomic E-state index is 0.281. The second kappa shape index (κ2) is 9.05. The molecule has 3 amide bonds. The van der Waals surface area contributed by atoms with Gasteiger partial charge in [0.2, 0.25) is 0 Å². The van der Waals surface area contributed by atoms with Gasteiger partial charge in [0.05, 0.1) is 7.14 Å². The Morgan fingerprint density at radius 1 is 1.11 bits per heavy atom. The fourth-order valence-corrected chi connectivity index (χ4v) is 4.82. The number of imide groups is 1. The molecule has 0 aliphatic carbocycles. The monoisotopic (exact) mass is 588 g/mol. The normalized spacial score (nSPS) is 15.4. The molecular formula is C20H18I2N2O3. The molecule has 0 aromatic heterocycles. The number of hydrogen-bond donors (Lipinski definition) is 1. The van der Waals surface area contributed by atoms with Crippen LogP contribution in [0, 0.1) is 7.14 Å². The zero-order chi connectivity index (χ0) is 19.4. The molecule has 1 fully saturated rings. The molecule has 7 heteroatoms. The molecule has 5 nitrogen and oxygen atoms in total. The predicted octanol–water partition coefficient (Wildman–Crippen LogP) is 4.78. The van der Waals surface area contributed by atoms with Crippen molar-refractivity contribution in [2.24, 2.45) is 0 Å². The first-order chi connectivity index (χ1) is 13.0. The highest BCUT2D eigenvalue weighted by Gasteiger charge is 2.32. The van der Waals surface area contributed by atoms with E-state index in [1.165, 1.54) is 4.90 Å². The van der Waals surface area contributed by atoms with Crippen LogP contribution in [0.4, 0.5) is 4.79 Å². The molecule has 3 rings (SSSR count). The summed E-state index contributed by atoms with van der Waals surface area (Å²) in [4.78, 5) is 25.5. The van der Waals surface area contributed by atoms with Crippen LogP contribution < -0.4 is 10.1 Å². The fraction of sp³-hybridized carbons (Fsp3) is 0.200. The number of benzene rings is 2. The second-order valence-electron chi connectivity index (χ2n) is 6.03. The number of nitrogens with zero attached hydrogens (tertiary/aromatic N) is 1. The van der Waals surface area contributed by atoms with Gasteiger partial charge < -0.3 is 10.1 Å². The van der Waals surface area contributed by atoms with Gasteiger partial charge in [-0.25, -0.2) is 4.79 Å². The first-order valence-electron chi connectivity index (χ1n) is 8.50. The van der Waals surface area contributed by atoms with Crippen LogP contribution in [0.5, 0.6) is 5.75 Å². The number of carbonyl (C=O) groups excluding carboxylic acids is 2. The van der Waals surface area contributed by atoms with Gasteiger partial charge >= 0.3 is 6.03 Å². The van der Waals surface area contributed by atoms with Gasteiger partial charge in [-0.2, -0.15) is 0 Å². The lowest BCUT2D eigenvalue weighted by Crippen LogP contribution is -2.31. The Bertz CT molecular complexity index is 874. The van der Waals surface area contributed by atoms with E-state index in [1.54, 1.807) is 6.08 Å². The van der Waals surface area contributed by atoms with E-state index in [2.05, 4.69) is 50.5 Å². The Morgan fingerprint density at radius 3 is 2.41 bits per heavy atom. The Balaban J connectivity index is 1.78. The van der Waals surface area contributed by atoms with Crippen molar-refractivity contribution in [2.45, 2.75) is 20.0 Å². The SMILES string of the molecule is CCCN1C(=O)N/C(=C/c2cc(I)c(OCc3ccccc3)c(I)c2)C1=O. The van der Waals surface area contributed by atoms with Crippen molar-refractivity contribution in [1.29, 1.82) is 0 Å². The molecule has 0 radical (unpaired) electrons. The van der Waals surface area contributed by atoms with Crippen molar-refractivity contribution in [2.75, 3.05) is 6.54 Å². The standard InChI is InChI=1S/C20H18I2N2O3/c1-2-8-24-19(25)17(23-20(24)26)11-14-9-15(21)18(16(22)10-14)27-12-13-6-4-3-5-7-13/h3-7,9-11H,2,8,12H2,1H3,(H,23,26)/b17-11+. The fourth-order valence-electron chi connectivity index (χ4n) is 2.70. The van der Waals surface area contributed by atoms with Gasteiger partial charge in [-0.15, -0.1) is 0 Å². The third-order valence-electron chi connectivity index (χ3n) is 3.97. The van der Waals surface area contributed by atoms with Crippen molar-refractivity contribution in [3.63, 3.8) is 0 Å². The number of rotatable bonds is 6. The maximum Gasteiger partial charge on any atom is 0.329 e. The highest BCUT2D eigenvalue weighted by molar-refractivity contribution is 14.1. The van der Waals surface area contributed by atoms with Crippen LogP contribution in [0.15, 0.2) is 48.2 Å². The van der Waals surface area contributed by atoms with E-state index in [1.807, 2.05) is 49.4 Å². The molecule has 2 aromatic rings. The molecule has 0 bridgehead atoms. The van der Waals surface area contributed by atoms with E-state index in [4.69, 9.17) is 4.74 Å². The zero-order valence-electron chi connectivity index (χ0n) is 14.7. The Kier molecular flexibility index (Phi) is 6.74. The quantitative estimate of drug-likeness (QED) is 0.301. The van der Waals surface area contributed by atoms with Crippen molar-refractivity contribution in [3.8, 4) is 5.75 Å². The molecular weight excluding hydrogens is 570 g/mol. The highest BCUT2D eigenvalue weighted by Crippen LogP contribution is 2.30. The number of amides is 3. The second-order valence-corrected chi connectivity index (χ2v) is 8.36. The van der Waals surface area contributed by atoms with Gasteiger partial charge in [-0.1, -0.05) is 37.3 Å². The summed E-state index contributed by atoms with van der Waals surface area (Å²) < 4.78 is 7.88. The largest absolute Gasteiger partial charge is 0.487 e. The average Bonchev–Trinajstić information content (AvgIpc) is 2.90. The molecule has 0 unspecified atom stereocenters. The Labute approximate surface area is 185 Å². The van der Waals surface area contributed by atoms with E-state index in [-0.39, 0.29) is 11.9 Å². The molecule has 1 heterocycles. The maximum atomic E-state index is 12.4. The van der Waals surface area contributed by atoms with Crippen molar-refractivity contribution in [1.82, 2.24) is 10.2 Å². The van der Waals surface area contributed by atoms with Crippen LogP contribution in [0.3, 0.4) is 0 Å². The lowest BCUT2D eigenvalue weighted by Gasteiger charge is -2.12. The van der Waals surface area contributed by atoms with Crippen molar-refractivity contribution >= 4 is 63.2 Å². The highest BCUT2D eigenvalue weighted by atomic mass is 127. The molecule has 27 heavy (non-hydrogen) atoms. The number of nitrogens with one attached hydrogen (secondary N) is 1. The number of ether oxygens (including phenoxy) is 1. The summed E-state index contributed by atoms with van der Waals surface area (Å²) in [5, 5.41) is 2.65. The van der Waals surface area contributed by atoms with Crippen LogP contribution in [0.2, 0.25) is 0 Å².